The normalized spacial score (nSPS) is 10.1. The minimum Gasteiger partial charge on any atom is -0.398 e. The van der Waals surface area contributed by atoms with Crippen molar-refractivity contribution in [1.82, 2.24) is 4.98 Å². The minimum absolute atomic E-state index is 0.000301. The molecule has 0 saturated carbocycles. The van der Waals surface area contributed by atoms with Crippen LogP contribution in [0.25, 0.3) is 0 Å². The molecule has 0 atom stereocenters. The summed E-state index contributed by atoms with van der Waals surface area (Å²) >= 11 is 2.88. The van der Waals surface area contributed by atoms with Gasteiger partial charge >= 0.3 is 0 Å². The first-order valence-corrected chi connectivity index (χ1v) is 3.99. The van der Waals surface area contributed by atoms with Gasteiger partial charge in [-0.05, 0) is 22.0 Å². The van der Waals surface area contributed by atoms with E-state index >= 15 is 0 Å². The van der Waals surface area contributed by atoms with Crippen LogP contribution in [0.4, 0.5) is 14.5 Å². The van der Waals surface area contributed by atoms with Gasteiger partial charge in [-0.15, -0.1) is 0 Å². The molecule has 0 unspecified atom stereocenters. The van der Waals surface area contributed by atoms with E-state index < -0.39 is 12.1 Å². The van der Waals surface area contributed by atoms with E-state index in [0.29, 0.717) is 0 Å². The first-order chi connectivity index (χ1) is 6.06. The third kappa shape index (κ3) is 1.92. The Labute approximate surface area is 81.3 Å². The Balaban J connectivity index is 3.30. The van der Waals surface area contributed by atoms with Crippen LogP contribution in [0.1, 0.15) is 17.7 Å². The van der Waals surface area contributed by atoms with E-state index in [2.05, 4.69) is 20.9 Å². The van der Waals surface area contributed by atoms with Gasteiger partial charge in [0.2, 0.25) is 0 Å². The van der Waals surface area contributed by atoms with E-state index in [1.807, 2.05) is 0 Å². The van der Waals surface area contributed by atoms with Crippen molar-refractivity contribution in [3.8, 4) is 6.07 Å². The van der Waals surface area contributed by atoms with Crippen molar-refractivity contribution < 1.29 is 8.78 Å². The number of aromatic nitrogens is 1. The second-order valence-corrected chi connectivity index (χ2v) is 2.97. The number of hydrogen-bond acceptors (Lipinski definition) is 3. The average Bonchev–Trinajstić information content (AvgIpc) is 2.03. The molecule has 13 heavy (non-hydrogen) atoms. The maximum Gasteiger partial charge on any atom is 0.280 e. The lowest BCUT2D eigenvalue weighted by atomic mass is 10.2. The predicted molar refractivity (Wildman–Crippen MR) is 46.0 cm³/mol. The Hall–Kier alpha value is -1.22. The van der Waals surface area contributed by atoms with Crippen LogP contribution >= 0.6 is 15.9 Å². The number of hydrogen-bond donors (Lipinski definition) is 1. The summed E-state index contributed by atoms with van der Waals surface area (Å²) in [6.07, 6.45) is -2.69. The molecule has 3 nitrogen and oxygen atoms in total. The quantitative estimate of drug-likeness (QED) is 0.775. The molecule has 1 aromatic heterocycles. The van der Waals surface area contributed by atoms with E-state index in [9.17, 15) is 8.78 Å². The standard InChI is InChI=1S/C7H4BrF2N3/c8-6-3(2-11)4(12)1-5(13-6)7(9)10/h1,7H,(H2,12,13). The van der Waals surface area contributed by atoms with Crippen molar-refractivity contribution >= 4 is 21.6 Å². The molecule has 0 bridgehead atoms. The van der Waals surface area contributed by atoms with Crippen molar-refractivity contribution in [2.24, 2.45) is 0 Å². The van der Waals surface area contributed by atoms with Gasteiger partial charge in [0, 0.05) is 0 Å². The van der Waals surface area contributed by atoms with Crippen LogP contribution in [-0.2, 0) is 0 Å². The van der Waals surface area contributed by atoms with E-state index in [4.69, 9.17) is 11.0 Å². The number of nitrogen functional groups attached to an aromatic ring is 1. The summed E-state index contributed by atoms with van der Waals surface area (Å²) in [6, 6.07) is 2.74. The lowest BCUT2D eigenvalue weighted by Crippen LogP contribution is -1.99. The number of nitrogens with zero attached hydrogens (tertiary/aromatic N) is 2. The molecule has 0 fully saturated rings. The van der Waals surface area contributed by atoms with E-state index in [1.165, 1.54) is 0 Å². The molecule has 0 aliphatic rings. The molecular formula is C7H4BrF2N3. The molecule has 0 aliphatic heterocycles. The number of anilines is 1. The predicted octanol–water partition coefficient (Wildman–Crippen LogP) is 2.24. The zero-order valence-corrected chi connectivity index (χ0v) is 7.85. The highest BCUT2D eigenvalue weighted by molar-refractivity contribution is 9.10. The Bertz CT molecular complexity index is 349. The number of pyridine rings is 1. The number of nitrogens with two attached hydrogens (primary N) is 1. The summed E-state index contributed by atoms with van der Waals surface area (Å²) in [5.74, 6) is 0. The molecule has 0 saturated heterocycles. The molecule has 2 N–H and O–H groups in total. The van der Waals surface area contributed by atoms with Crippen LogP contribution < -0.4 is 5.73 Å². The van der Waals surface area contributed by atoms with Crippen molar-refractivity contribution in [2.75, 3.05) is 5.73 Å². The molecule has 1 rings (SSSR count). The van der Waals surface area contributed by atoms with Crippen LogP contribution in [0.2, 0.25) is 0 Å². The summed E-state index contributed by atoms with van der Waals surface area (Å²) in [5.41, 5.74) is 4.98. The molecule has 0 spiro atoms. The fraction of sp³-hybridized carbons (Fsp3) is 0.143. The highest BCUT2D eigenvalue weighted by Crippen LogP contribution is 2.25. The molecule has 0 amide bonds. The SMILES string of the molecule is N#Cc1c(N)cc(C(F)F)nc1Br. The van der Waals surface area contributed by atoms with Crippen LogP contribution in [0.3, 0.4) is 0 Å². The monoisotopic (exact) mass is 247 g/mol. The fourth-order valence-corrected chi connectivity index (χ4v) is 1.30. The third-order valence-corrected chi connectivity index (χ3v) is 1.93. The average molecular weight is 248 g/mol. The Morgan fingerprint density at radius 1 is 1.62 bits per heavy atom. The second-order valence-electron chi connectivity index (χ2n) is 2.21. The minimum atomic E-state index is -2.69. The summed E-state index contributed by atoms with van der Waals surface area (Å²) < 4.78 is 24.3. The Morgan fingerprint density at radius 2 is 2.23 bits per heavy atom. The molecule has 1 heterocycles. The smallest absolute Gasteiger partial charge is 0.280 e. The first kappa shape index (κ1) is 9.86. The van der Waals surface area contributed by atoms with Gasteiger partial charge in [-0.1, -0.05) is 0 Å². The number of halogens is 3. The number of alkyl halides is 2. The molecule has 0 radical (unpaired) electrons. The maximum atomic E-state index is 12.1. The number of nitriles is 1. The second kappa shape index (κ2) is 3.66. The van der Waals surface area contributed by atoms with E-state index in [1.54, 1.807) is 6.07 Å². The summed E-state index contributed by atoms with van der Waals surface area (Å²) in [7, 11) is 0. The zero-order valence-electron chi connectivity index (χ0n) is 6.26. The van der Waals surface area contributed by atoms with Crippen molar-refractivity contribution in [1.29, 1.82) is 5.26 Å². The van der Waals surface area contributed by atoms with Crippen molar-refractivity contribution in [3.63, 3.8) is 0 Å². The van der Waals surface area contributed by atoms with Gasteiger partial charge in [0.25, 0.3) is 6.43 Å². The molecule has 6 heteroatoms. The molecule has 0 aliphatic carbocycles. The summed E-state index contributed by atoms with van der Waals surface area (Å²) in [6.45, 7) is 0. The van der Waals surface area contributed by atoms with Crippen LogP contribution in [-0.4, -0.2) is 4.98 Å². The highest BCUT2D eigenvalue weighted by atomic mass is 79.9. The summed E-state index contributed by atoms with van der Waals surface area (Å²) in [5, 5.41) is 8.54. The number of rotatable bonds is 1. The van der Waals surface area contributed by atoms with Crippen molar-refractivity contribution in [3.05, 3.63) is 21.9 Å². The van der Waals surface area contributed by atoms with Gasteiger partial charge < -0.3 is 5.73 Å². The molecule has 68 valence electrons. The zero-order chi connectivity index (χ0) is 10.0. The Morgan fingerprint density at radius 3 is 2.62 bits per heavy atom. The molecule has 1 aromatic rings. The van der Waals surface area contributed by atoms with Gasteiger partial charge in [0.05, 0.1) is 5.69 Å². The van der Waals surface area contributed by atoms with Crippen LogP contribution in [0, 0.1) is 11.3 Å². The van der Waals surface area contributed by atoms with Gasteiger partial charge in [-0.2, -0.15) is 5.26 Å². The van der Waals surface area contributed by atoms with Gasteiger partial charge in [-0.25, -0.2) is 13.8 Å². The van der Waals surface area contributed by atoms with Gasteiger partial charge in [-0.3, -0.25) is 0 Å². The molecule has 0 aromatic carbocycles. The lowest BCUT2D eigenvalue weighted by molar-refractivity contribution is 0.146. The van der Waals surface area contributed by atoms with Crippen LogP contribution in [0.15, 0.2) is 10.7 Å². The van der Waals surface area contributed by atoms with E-state index in [-0.39, 0.29) is 15.9 Å². The fourth-order valence-electron chi connectivity index (χ4n) is 0.775. The van der Waals surface area contributed by atoms with Gasteiger partial charge in [0.15, 0.2) is 0 Å². The summed E-state index contributed by atoms with van der Waals surface area (Å²) in [4.78, 5) is 3.47. The largest absolute Gasteiger partial charge is 0.398 e. The topological polar surface area (TPSA) is 62.7 Å². The van der Waals surface area contributed by atoms with E-state index in [0.717, 1.165) is 6.07 Å². The van der Waals surface area contributed by atoms with Gasteiger partial charge in [0.1, 0.15) is 21.9 Å². The lowest BCUT2D eigenvalue weighted by Gasteiger charge is -2.03. The van der Waals surface area contributed by atoms with Crippen LogP contribution in [0.5, 0.6) is 0 Å². The third-order valence-electron chi connectivity index (χ3n) is 1.36. The molecular weight excluding hydrogens is 244 g/mol. The maximum absolute atomic E-state index is 12.1. The Kier molecular flexibility index (Phi) is 2.78. The first-order valence-electron chi connectivity index (χ1n) is 3.20. The highest BCUT2D eigenvalue weighted by Gasteiger charge is 2.14. The van der Waals surface area contributed by atoms with Crippen molar-refractivity contribution in [2.45, 2.75) is 6.43 Å².